The fourth-order valence-corrected chi connectivity index (χ4v) is 0.698. The number of aliphatic carboxylic acids is 2. The lowest BCUT2D eigenvalue weighted by molar-refractivity contribution is -0.159. The first kappa shape index (κ1) is 12.2. The molecule has 5 nitrogen and oxygen atoms in total. The Morgan fingerprint density at radius 1 is 1.36 bits per heavy atom. The van der Waals surface area contributed by atoms with Crippen LogP contribution in [0.5, 0.6) is 0 Å². The van der Waals surface area contributed by atoms with Crippen LogP contribution < -0.4 is 0 Å². The molecule has 1 aliphatic heterocycles. The molecule has 1 rings (SSSR count). The minimum absolute atomic E-state index is 1.06. The second kappa shape index (κ2) is 5.80. The van der Waals surface area contributed by atoms with E-state index in [1.165, 1.54) is 5.70 Å². The monoisotopic (exact) mass is 199 g/mol. The van der Waals surface area contributed by atoms with Gasteiger partial charge < -0.3 is 15.1 Å². The van der Waals surface area contributed by atoms with E-state index in [0.29, 0.717) is 0 Å². The first-order chi connectivity index (χ1) is 6.45. The molecule has 5 heteroatoms. The van der Waals surface area contributed by atoms with Crippen molar-refractivity contribution in [3.63, 3.8) is 0 Å². The zero-order valence-electron chi connectivity index (χ0n) is 8.10. The second-order valence-electron chi connectivity index (χ2n) is 2.73. The Labute approximate surface area is 82.0 Å². The number of rotatable bonds is 0. The summed E-state index contributed by atoms with van der Waals surface area (Å²) in [5, 5.41) is 14.8. The van der Waals surface area contributed by atoms with E-state index in [1.807, 2.05) is 0 Å². The van der Waals surface area contributed by atoms with Crippen molar-refractivity contribution >= 4 is 11.9 Å². The molecule has 0 aromatic rings. The number of carboxylic acids is 2. The van der Waals surface area contributed by atoms with Gasteiger partial charge in [0, 0.05) is 19.3 Å². The van der Waals surface area contributed by atoms with Crippen molar-refractivity contribution in [3.8, 4) is 0 Å². The Hall–Kier alpha value is -1.78. The first-order valence-electron chi connectivity index (χ1n) is 3.96. The molecule has 2 N–H and O–H groups in total. The maximum atomic E-state index is 9.10. The summed E-state index contributed by atoms with van der Waals surface area (Å²) >= 11 is 0. The molecule has 0 bridgehead atoms. The molecule has 0 aliphatic carbocycles. The topological polar surface area (TPSA) is 77.8 Å². The van der Waals surface area contributed by atoms with Gasteiger partial charge in [0.25, 0.3) is 0 Å². The number of likely N-dealkylation sites (N-methyl/N-ethyl adjacent to an activating group) is 1. The van der Waals surface area contributed by atoms with Gasteiger partial charge in [-0.3, -0.25) is 0 Å². The van der Waals surface area contributed by atoms with Gasteiger partial charge in [-0.1, -0.05) is 12.2 Å². The van der Waals surface area contributed by atoms with Gasteiger partial charge in [-0.15, -0.1) is 0 Å². The van der Waals surface area contributed by atoms with Crippen LogP contribution in [-0.2, 0) is 9.59 Å². The van der Waals surface area contributed by atoms with Crippen LogP contribution in [0.15, 0.2) is 23.9 Å². The molecule has 0 unspecified atom stereocenters. The summed E-state index contributed by atoms with van der Waals surface area (Å²) in [7, 11) is 2.09. The quantitative estimate of drug-likeness (QED) is 0.557. The summed E-state index contributed by atoms with van der Waals surface area (Å²) in [5.41, 5.74) is 1.34. The maximum Gasteiger partial charge on any atom is 0.414 e. The normalized spacial score (nSPS) is 13.9. The fourth-order valence-electron chi connectivity index (χ4n) is 0.698. The molecular weight excluding hydrogens is 186 g/mol. The predicted molar refractivity (Wildman–Crippen MR) is 50.8 cm³/mol. The summed E-state index contributed by atoms with van der Waals surface area (Å²) in [6, 6.07) is 0. The third-order valence-electron chi connectivity index (χ3n) is 1.64. The largest absolute Gasteiger partial charge is 0.473 e. The van der Waals surface area contributed by atoms with E-state index in [0.717, 1.165) is 6.54 Å². The second-order valence-corrected chi connectivity index (χ2v) is 2.73. The lowest BCUT2D eigenvalue weighted by Crippen LogP contribution is -2.17. The summed E-state index contributed by atoms with van der Waals surface area (Å²) in [6.07, 6.45) is 6.35. The van der Waals surface area contributed by atoms with E-state index in [-0.39, 0.29) is 0 Å². The standard InChI is InChI=1S/C7H11N.C2H2O4/c1-7-5-3-4-6-8(7)2;3-1(4)2(5)6/h3-5H,6H2,1-2H3;(H,3,4)(H,5,6). The first-order valence-corrected chi connectivity index (χ1v) is 3.96. The summed E-state index contributed by atoms with van der Waals surface area (Å²) in [5.74, 6) is -3.65. The minimum atomic E-state index is -1.82. The number of carbonyl (C=O) groups is 2. The van der Waals surface area contributed by atoms with Gasteiger partial charge in [-0.05, 0) is 13.0 Å². The number of allylic oxidation sites excluding steroid dienone is 3. The zero-order chi connectivity index (χ0) is 11.1. The Kier molecular flexibility index (Phi) is 5.06. The fraction of sp³-hybridized carbons (Fsp3) is 0.333. The number of nitrogens with zero attached hydrogens (tertiary/aromatic N) is 1. The smallest absolute Gasteiger partial charge is 0.414 e. The molecule has 0 aromatic heterocycles. The van der Waals surface area contributed by atoms with Crippen LogP contribution in [0.1, 0.15) is 6.92 Å². The highest BCUT2D eigenvalue weighted by molar-refractivity contribution is 6.27. The number of carboxylic acid groups (broad SMARTS) is 2. The van der Waals surface area contributed by atoms with Crippen LogP contribution in [0.4, 0.5) is 0 Å². The van der Waals surface area contributed by atoms with Crippen molar-refractivity contribution in [2.45, 2.75) is 6.92 Å². The van der Waals surface area contributed by atoms with E-state index in [1.54, 1.807) is 0 Å². The Morgan fingerprint density at radius 2 is 1.86 bits per heavy atom. The predicted octanol–water partition coefficient (Wildman–Crippen LogP) is 0.547. The van der Waals surface area contributed by atoms with Crippen LogP contribution in [0.2, 0.25) is 0 Å². The molecule has 0 aromatic carbocycles. The summed E-state index contributed by atoms with van der Waals surface area (Å²) in [4.78, 5) is 20.4. The molecule has 0 fully saturated rings. The van der Waals surface area contributed by atoms with Crippen LogP contribution in [0.25, 0.3) is 0 Å². The highest BCUT2D eigenvalue weighted by atomic mass is 16.4. The van der Waals surface area contributed by atoms with Gasteiger partial charge in [0.05, 0.1) is 0 Å². The molecule has 0 spiro atoms. The van der Waals surface area contributed by atoms with Crippen molar-refractivity contribution in [1.82, 2.24) is 4.90 Å². The molecule has 0 saturated carbocycles. The third kappa shape index (κ3) is 4.97. The average Bonchev–Trinajstić information content (AvgIpc) is 2.11. The van der Waals surface area contributed by atoms with E-state index in [4.69, 9.17) is 19.8 Å². The van der Waals surface area contributed by atoms with E-state index in [9.17, 15) is 0 Å². The Balaban J connectivity index is 0.000000255. The van der Waals surface area contributed by atoms with Gasteiger partial charge in [-0.25, -0.2) is 9.59 Å². The van der Waals surface area contributed by atoms with Crippen molar-refractivity contribution in [2.75, 3.05) is 13.6 Å². The molecular formula is C9H13NO4. The van der Waals surface area contributed by atoms with E-state index < -0.39 is 11.9 Å². The lowest BCUT2D eigenvalue weighted by Gasteiger charge is -2.19. The van der Waals surface area contributed by atoms with Gasteiger partial charge in [-0.2, -0.15) is 0 Å². The highest BCUT2D eigenvalue weighted by Crippen LogP contribution is 2.03. The average molecular weight is 199 g/mol. The SMILES string of the molecule is CC1=CC=CCN1C.O=C(O)C(=O)O. The van der Waals surface area contributed by atoms with Gasteiger partial charge in [0.2, 0.25) is 0 Å². The maximum absolute atomic E-state index is 9.10. The molecule has 78 valence electrons. The van der Waals surface area contributed by atoms with Crippen LogP contribution >= 0.6 is 0 Å². The molecule has 0 radical (unpaired) electrons. The van der Waals surface area contributed by atoms with Crippen molar-refractivity contribution in [1.29, 1.82) is 0 Å². The molecule has 0 amide bonds. The van der Waals surface area contributed by atoms with Gasteiger partial charge >= 0.3 is 11.9 Å². The van der Waals surface area contributed by atoms with Crippen molar-refractivity contribution in [3.05, 3.63) is 23.9 Å². The molecule has 0 atom stereocenters. The molecule has 1 heterocycles. The van der Waals surface area contributed by atoms with Gasteiger partial charge in [0.15, 0.2) is 0 Å². The Bertz CT molecular complexity index is 269. The summed E-state index contributed by atoms with van der Waals surface area (Å²) in [6.45, 7) is 3.17. The molecule has 1 aliphatic rings. The van der Waals surface area contributed by atoms with Crippen molar-refractivity contribution < 1.29 is 19.8 Å². The zero-order valence-corrected chi connectivity index (χ0v) is 8.10. The van der Waals surface area contributed by atoms with Crippen LogP contribution in [-0.4, -0.2) is 40.6 Å². The highest BCUT2D eigenvalue weighted by Gasteiger charge is 2.04. The van der Waals surface area contributed by atoms with Crippen molar-refractivity contribution in [2.24, 2.45) is 0 Å². The van der Waals surface area contributed by atoms with Crippen LogP contribution in [0.3, 0.4) is 0 Å². The molecule has 0 saturated heterocycles. The third-order valence-corrected chi connectivity index (χ3v) is 1.64. The summed E-state index contributed by atoms with van der Waals surface area (Å²) < 4.78 is 0. The number of hydrogen-bond acceptors (Lipinski definition) is 3. The number of hydrogen-bond donors (Lipinski definition) is 2. The van der Waals surface area contributed by atoms with E-state index >= 15 is 0 Å². The lowest BCUT2D eigenvalue weighted by atomic mass is 10.3. The Morgan fingerprint density at radius 3 is 2.07 bits per heavy atom. The minimum Gasteiger partial charge on any atom is -0.473 e. The molecule has 14 heavy (non-hydrogen) atoms. The van der Waals surface area contributed by atoms with E-state index in [2.05, 4.69) is 37.1 Å². The van der Waals surface area contributed by atoms with Gasteiger partial charge in [0.1, 0.15) is 0 Å². The van der Waals surface area contributed by atoms with Crippen LogP contribution in [0, 0.1) is 0 Å².